The monoisotopic (exact) mass is 413 g/mol. The van der Waals surface area contributed by atoms with Crippen molar-refractivity contribution in [2.45, 2.75) is 19.4 Å². The van der Waals surface area contributed by atoms with Crippen LogP contribution in [0.15, 0.2) is 48.5 Å². The van der Waals surface area contributed by atoms with Crippen molar-refractivity contribution in [1.82, 2.24) is 4.90 Å². The summed E-state index contributed by atoms with van der Waals surface area (Å²) in [7, 11) is 4.26. The predicted molar refractivity (Wildman–Crippen MR) is 111 cm³/mol. The van der Waals surface area contributed by atoms with Crippen LogP contribution >= 0.6 is 0 Å². The Morgan fingerprint density at radius 3 is 2.40 bits per heavy atom. The molecule has 160 valence electrons. The second-order valence-corrected chi connectivity index (χ2v) is 7.50. The van der Waals surface area contributed by atoms with Gasteiger partial charge in [-0.3, -0.25) is 4.79 Å². The molecule has 0 spiro atoms. The Labute approximate surface area is 176 Å². The van der Waals surface area contributed by atoms with Crippen molar-refractivity contribution in [3.05, 3.63) is 59.7 Å². The van der Waals surface area contributed by atoms with Gasteiger partial charge in [-0.2, -0.15) is 0 Å². The molecule has 0 unspecified atom stereocenters. The summed E-state index contributed by atoms with van der Waals surface area (Å²) in [5.74, 6) is 0.510. The van der Waals surface area contributed by atoms with Crippen LogP contribution in [-0.4, -0.2) is 51.4 Å². The molecule has 1 aliphatic heterocycles. The van der Waals surface area contributed by atoms with Crippen LogP contribution in [0.25, 0.3) is 0 Å². The average Bonchev–Trinajstić information content (AvgIpc) is 3.15. The van der Waals surface area contributed by atoms with Crippen LogP contribution in [-0.2, 0) is 20.9 Å². The number of hydrogen-bond donors (Lipinski definition) is 0. The highest BCUT2D eigenvalue weighted by atomic mass is 16.5. The molecule has 1 amide bonds. The zero-order valence-electron chi connectivity index (χ0n) is 17.7. The Hall–Kier alpha value is -3.22. The fourth-order valence-electron chi connectivity index (χ4n) is 3.93. The molecule has 0 N–H and O–H groups in total. The maximum absolute atomic E-state index is 12.6. The fraction of sp³-hybridized carbons (Fsp3) is 0.391. The van der Waals surface area contributed by atoms with Gasteiger partial charge in [0.05, 0.1) is 26.7 Å². The summed E-state index contributed by atoms with van der Waals surface area (Å²) in [6.45, 7) is 2.74. The van der Waals surface area contributed by atoms with Crippen LogP contribution in [0.1, 0.15) is 24.0 Å². The van der Waals surface area contributed by atoms with E-state index in [1.54, 1.807) is 14.0 Å². The van der Waals surface area contributed by atoms with Gasteiger partial charge in [0, 0.05) is 19.0 Å². The number of benzene rings is 2. The van der Waals surface area contributed by atoms with Crippen LogP contribution in [0.4, 0.5) is 4.79 Å². The van der Waals surface area contributed by atoms with Gasteiger partial charge in [0.2, 0.25) is 0 Å². The minimum atomic E-state index is -0.909. The number of esters is 1. The first kappa shape index (κ1) is 21.5. The Morgan fingerprint density at radius 2 is 1.77 bits per heavy atom. The van der Waals surface area contributed by atoms with Crippen LogP contribution in [0.5, 0.6) is 11.5 Å². The highest BCUT2D eigenvalue weighted by Gasteiger charge is 2.51. The zero-order chi connectivity index (χ0) is 21.7. The lowest BCUT2D eigenvalue weighted by Gasteiger charge is -2.28. The van der Waals surface area contributed by atoms with Crippen molar-refractivity contribution in [3.8, 4) is 11.5 Å². The maximum Gasteiger partial charge on any atom is 0.409 e. The number of ether oxygens (including phenoxy) is 4. The van der Waals surface area contributed by atoms with E-state index in [9.17, 15) is 9.59 Å². The summed E-state index contributed by atoms with van der Waals surface area (Å²) in [6, 6.07) is 15.4. The molecule has 7 heteroatoms. The summed E-state index contributed by atoms with van der Waals surface area (Å²) < 4.78 is 21.4. The average molecular weight is 413 g/mol. The molecule has 3 rings (SSSR count). The molecule has 2 atom stereocenters. The lowest BCUT2D eigenvalue weighted by Crippen LogP contribution is -2.37. The van der Waals surface area contributed by atoms with Gasteiger partial charge in [-0.1, -0.05) is 36.4 Å². The van der Waals surface area contributed by atoms with E-state index in [-0.39, 0.29) is 18.4 Å². The molecule has 2 aromatic carbocycles. The van der Waals surface area contributed by atoms with E-state index in [1.807, 2.05) is 48.5 Å². The molecule has 0 radical (unpaired) electrons. The van der Waals surface area contributed by atoms with Gasteiger partial charge < -0.3 is 23.8 Å². The lowest BCUT2D eigenvalue weighted by atomic mass is 9.76. The van der Waals surface area contributed by atoms with E-state index in [2.05, 4.69) is 0 Å². The number of hydrogen-bond acceptors (Lipinski definition) is 6. The van der Waals surface area contributed by atoms with Gasteiger partial charge in [-0.15, -0.1) is 0 Å². The zero-order valence-corrected chi connectivity index (χ0v) is 17.7. The van der Waals surface area contributed by atoms with Gasteiger partial charge in [-0.05, 0) is 30.2 Å². The summed E-state index contributed by atoms with van der Waals surface area (Å²) >= 11 is 0. The minimum Gasteiger partial charge on any atom is -0.493 e. The smallest absolute Gasteiger partial charge is 0.409 e. The number of methoxy groups -OCH3 is 3. The number of amides is 1. The summed E-state index contributed by atoms with van der Waals surface area (Å²) in [5, 5.41) is 0. The first-order valence-electron chi connectivity index (χ1n) is 9.69. The minimum absolute atomic E-state index is 0.212. The van der Waals surface area contributed by atoms with Crippen molar-refractivity contribution in [1.29, 1.82) is 0 Å². The van der Waals surface area contributed by atoms with E-state index in [1.165, 1.54) is 19.1 Å². The topological polar surface area (TPSA) is 74.3 Å². The molecule has 30 heavy (non-hydrogen) atoms. The highest BCUT2D eigenvalue weighted by molar-refractivity contribution is 5.81. The normalized spacial score (nSPS) is 20.5. The standard InChI is InChI=1S/C23H27NO6/c1-23(21(25)28-3)15-24(22(26)29-4)13-18(23)17-10-11-19(27-2)20(12-17)30-14-16-8-6-5-7-9-16/h5-12,18H,13-15H2,1-4H3/t18-,23-/m1/s1. The van der Waals surface area contributed by atoms with Crippen molar-refractivity contribution < 1.29 is 28.5 Å². The first-order valence-corrected chi connectivity index (χ1v) is 9.69. The van der Waals surface area contributed by atoms with E-state index in [0.717, 1.165) is 11.1 Å². The Balaban J connectivity index is 1.92. The van der Waals surface area contributed by atoms with Crippen LogP contribution < -0.4 is 9.47 Å². The third kappa shape index (κ3) is 4.20. The molecular weight excluding hydrogens is 386 g/mol. The van der Waals surface area contributed by atoms with E-state index in [4.69, 9.17) is 18.9 Å². The molecule has 1 aliphatic rings. The first-order chi connectivity index (χ1) is 14.4. The number of likely N-dealkylation sites (tertiary alicyclic amines) is 1. The molecule has 0 aromatic heterocycles. The Morgan fingerprint density at radius 1 is 1.03 bits per heavy atom. The molecule has 0 aliphatic carbocycles. The maximum atomic E-state index is 12.6. The third-order valence-corrected chi connectivity index (χ3v) is 5.60. The SMILES string of the molecule is COC(=O)N1C[C@H](c2ccc(OC)c(OCc3ccccc3)c2)[C@](C)(C(=O)OC)C1. The molecule has 0 bridgehead atoms. The van der Waals surface area contributed by atoms with E-state index in [0.29, 0.717) is 24.7 Å². The molecule has 1 saturated heterocycles. The van der Waals surface area contributed by atoms with Crippen LogP contribution in [0.2, 0.25) is 0 Å². The highest BCUT2D eigenvalue weighted by Crippen LogP contribution is 2.45. The molecule has 2 aromatic rings. The van der Waals surface area contributed by atoms with Gasteiger partial charge in [-0.25, -0.2) is 4.79 Å². The molecule has 1 heterocycles. The van der Waals surface area contributed by atoms with Crippen LogP contribution in [0.3, 0.4) is 0 Å². The van der Waals surface area contributed by atoms with Gasteiger partial charge in [0.15, 0.2) is 11.5 Å². The third-order valence-electron chi connectivity index (χ3n) is 5.60. The second kappa shape index (κ2) is 9.07. The van der Waals surface area contributed by atoms with Crippen molar-refractivity contribution in [3.63, 3.8) is 0 Å². The molecular formula is C23H27NO6. The van der Waals surface area contributed by atoms with E-state index < -0.39 is 11.5 Å². The largest absolute Gasteiger partial charge is 0.493 e. The molecule has 7 nitrogen and oxygen atoms in total. The molecule has 1 fully saturated rings. The van der Waals surface area contributed by atoms with Gasteiger partial charge in [0.25, 0.3) is 0 Å². The van der Waals surface area contributed by atoms with Gasteiger partial charge >= 0.3 is 12.1 Å². The fourth-order valence-corrected chi connectivity index (χ4v) is 3.93. The second-order valence-electron chi connectivity index (χ2n) is 7.50. The summed E-state index contributed by atoms with van der Waals surface area (Å²) in [5.41, 5.74) is 0.981. The molecule has 0 saturated carbocycles. The predicted octanol–water partition coefficient (Wildman–Crippen LogP) is 3.62. The van der Waals surface area contributed by atoms with Gasteiger partial charge in [0.1, 0.15) is 6.61 Å². The van der Waals surface area contributed by atoms with Crippen molar-refractivity contribution in [2.75, 3.05) is 34.4 Å². The summed E-state index contributed by atoms with van der Waals surface area (Å²) in [6.07, 6.45) is -0.471. The lowest BCUT2D eigenvalue weighted by molar-refractivity contribution is -0.151. The van der Waals surface area contributed by atoms with Crippen molar-refractivity contribution in [2.24, 2.45) is 5.41 Å². The quantitative estimate of drug-likeness (QED) is 0.674. The number of carbonyl (C=O) groups is 2. The number of nitrogens with zero attached hydrogens (tertiary/aromatic N) is 1. The number of carbonyl (C=O) groups excluding carboxylic acids is 2. The van der Waals surface area contributed by atoms with Crippen LogP contribution in [0, 0.1) is 5.41 Å². The summed E-state index contributed by atoms with van der Waals surface area (Å²) in [4.78, 5) is 26.3. The Bertz CT molecular complexity index is 900. The van der Waals surface area contributed by atoms with Crippen molar-refractivity contribution >= 4 is 12.1 Å². The Kier molecular flexibility index (Phi) is 6.50. The van der Waals surface area contributed by atoms with E-state index >= 15 is 0 Å². The number of rotatable bonds is 6.